The minimum Gasteiger partial charge on any atom is -0.316 e. The molecule has 0 bridgehead atoms. The lowest BCUT2D eigenvalue weighted by Crippen LogP contribution is -2.31. The Morgan fingerprint density at radius 3 is 2.18 bits per heavy atom. The van der Waals surface area contributed by atoms with Crippen molar-refractivity contribution in [3.63, 3.8) is 0 Å². The number of benzene rings is 1. The minimum absolute atomic E-state index is 1.05. The van der Waals surface area contributed by atoms with E-state index in [0.29, 0.717) is 0 Å². The first-order chi connectivity index (χ1) is 13.6. The number of para-hydroxylation sites is 1. The number of aryl methyl sites for hydroxylation is 2. The third-order valence-corrected chi connectivity index (χ3v) is 4.94. The highest BCUT2D eigenvalue weighted by Crippen LogP contribution is 2.35. The van der Waals surface area contributed by atoms with Crippen molar-refractivity contribution in [1.82, 2.24) is 9.55 Å². The molecule has 1 aromatic carbocycles. The molecule has 7 heteroatoms. The Morgan fingerprint density at radius 1 is 1.04 bits per heavy atom. The number of fused-ring (bicyclic) bond motifs is 1. The summed E-state index contributed by atoms with van der Waals surface area (Å²) in [6.07, 6.45) is 9.76. The summed E-state index contributed by atoms with van der Waals surface area (Å²) in [7, 11) is 7.77. The molecule has 0 radical (unpaired) electrons. The molecule has 0 aliphatic rings. The van der Waals surface area contributed by atoms with Gasteiger partial charge in [-0.25, -0.2) is 9.13 Å². The van der Waals surface area contributed by atoms with Crippen LogP contribution in [0, 0.1) is 0 Å². The summed E-state index contributed by atoms with van der Waals surface area (Å²) in [6.45, 7) is 2.23. The lowest BCUT2D eigenvalue weighted by atomic mass is 10.2. The third kappa shape index (κ3) is 8.44. The summed E-state index contributed by atoms with van der Waals surface area (Å²) in [5.74, 6) is 1.41. The standard InChI is InChI=1S/C9H17N2.C9H7N.C3H9O3P/c1-4-5-6-9-10(2)7-8-11(9)3;1-2-6-9-8(4-1)5-3-7-10-9;1-4-7(5-2)6-3/h7-8H,4-6H2,1-3H3;1-7H;1-3H3/q+1;;. The van der Waals surface area contributed by atoms with Crippen LogP contribution in [0.15, 0.2) is 55.0 Å². The van der Waals surface area contributed by atoms with Gasteiger partial charge in [-0.05, 0) is 18.6 Å². The Bertz CT molecular complexity index is 701. The maximum absolute atomic E-state index is 4.67. The lowest BCUT2D eigenvalue weighted by Gasteiger charge is -2.05. The third-order valence-electron chi connectivity index (χ3n) is 4.04. The normalized spacial score (nSPS) is 10.2. The van der Waals surface area contributed by atoms with Crippen LogP contribution in [-0.4, -0.2) is 30.9 Å². The second kappa shape index (κ2) is 14.2. The number of nitrogens with zero attached hydrogens (tertiary/aromatic N) is 3. The fourth-order valence-electron chi connectivity index (χ4n) is 2.55. The van der Waals surface area contributed by atoms with Crippen LogP contribution >= 0.6 is 8.60 Å². The van der Waals surface area contributed by atoms with Gasteiger partial charge in [-0.1, -0.05) is 37.6 Å². The van der Waals surface area contributed by atoms with Crippen molar-refractivity contribution in [3.8, 4) is 0 Å². The van der Waals surface area contributed by atoms with E-state index in [1.54, 1.807) is 21.3 Å². The molecule has 0 unspecified atom stereocenters. The number of rotatable bonds is 6. The second-order valence-corrected chi connectivity index (χ2v) is 7.55. The van der Waals surface area contributed by atoms with Gasteiger partial charge in [0.25, 0.3) is 5.82 Å². The number of unbranched alkanes of at least 4 members (excludes halogenated alkanes) is 1. The van der Waals surface area contributed by atoms with E-state index in [-0.39, 0.29) is 0 Å². The van der Waals surface area contributed by atoms with Gasteiger partial charge in [0.05, 0.1) is 19.6 Å². The molecule has 3 aromatic rings. The first-order valence-corrected chi connectivity index (χ1v) is 10.4. The summed E-state index contributed by atoms with van der Waals surface area (Å²) >= 11 is 0. The smallest absolute Gasteiger partial charge is 0.316 e. The van der Waals surface area contributed by atoms with Crippen LogP contribution in [-0.2, 0) is 34.1 Å². The van der Waals surface area contributed by atoms with Crippen LogP contribution in [0.4, 0.5) is 0 Å². The summed E-state index contributed by atoms with van der Waals surface area (Å²) in [5.41, 5.74) is 1.06. The van der Waals surface area contributed by atoms with E-state index in [4.69, 9.17) is 0 Å². The molecule has 2 aromatic heterocycles. The van der Waals surface area contributed by atoms with Gasteiger partial charge in [-0.2, -0.15) is 0 Å². The molecule has 0 saturated heterocycles. The number of hydrogen-bond donors (Lipinski definition) is 0. The van der Waals surface area contributed by atoms with Crippen LogP contribution in [0.25, 0.3) is 10.9 Å². The van der Waals surface area contributed by atoms with Gasteiger partial charge in [0.15, 0.2) is 0 Å². The predicted octanol–water partition coefficient (Wildman–Crippen LogP) is 4.58. The Kier molecular flexibility index (Phi) is 12.3. The molecule has 0 aliphatic heterocycles. The largest absolute Gasteiger partial charge is 0.331 e. The first kappa shape index (κ1) is 24.2. The molecule has 6 nitrogen and oxygen atoms in total. The SMILES string of the molecule is CCCCc1n(C)cc[n+]1C.COP(OC)OC.c1ccc2ncccc2c1. The number of imidazole rings is 1. The Hall–Kier alpha value is -1.85. The highest BCUT2D eigenvalue weighted by Gasteiger charge is 2.08. The first-order valence-electron chi connectivity index (χ1n) is 9.29. The van der Waals surface area contributed by atoms with E-state index in [0.717, 1.165) is 5.52 Å². The lowest BCUT2D eigenvalue weighted by molar-refractivity contribution is -0.678. The van der Waals surface area contributed by atoms with Crippen LogP contribution < -0.4 is 4.57 Å². The van der Waals surface area contributed by atoms with Crippen molar-refractivity contribution in [2.45, 2.75) is 26.2 Å². The zero-order valence-corrected chi connectivity index (χ0v) is 18.7. The zero-order chi connectivity index (χ0) is 20.8. The molecular weight excluding hydrogens is 373 g/mol. The molecule has 28 heavy (non-hydrogen) atoms. The van der Waals surface area contributed by atoms with Gasteiger partial charge in [0, 0.05) is 39.3 Å². The molecule has 0 atom stereocenters. The summed E-state index contributed by atoms with van der Waals surface area (Å²) in [6, 6.07) is 12.1. The van der Waals surface area contributed by atoms with Crippen molar-refractivity contribution in [2.24, 2.45) is 14.1 Å². The van der Waals surface area contributed by atoms with Gasteiger partial charge in [0.2, 0.25) is 0 Å². The Labute approximate surface area is 170 Å². The van der Waals surface area contributed by atoms with E-state index in [9.17, 15) is 0 Å². The fourth-order valence-corrected chi connectivity index (χ4v) is 3.00. The van der Waals surface area contributed by atoms with E-state index < -0.39 is 8.60 Å². The Balaban J connectivity index is 0.000000216. The van der Waals surface area contributed by atoms with Crippen molar-refractivity contribution in [3.05, 3.63) is 60.8 Å². The molecular formula is C21H33N3O3P+. The van der Waals surface area contributed by atoms with E-state index in [2.05, 4.69) is 73.2 Å². The molecule has 2 heterocycles. The highest BCUT2D eigenvalue weighted by molar-refractivity contribution is 7.41. The van der Waals surface area contributed by atoms with Crippen LogP contribution in [0.1, 0.15) is 25.6 Å². The molecule has 0 fully saturated rings. The van der Waals surface area contributed by atoms with E-state index in [1.807, 2.05) is 30.5 Å². The van der Waals surface area contributed by atoms with E-state index >= 15 is 0 Å². The highest BCUT2D eigenvalue weighted by atomic mass is 31.2. The summed E-state index contributed by atoms with van der Waals surface area (Å²) in [4.78, 5) is 4.18. The number of aromatic nitrogens is 3. The molecule has 3 rings (SSSR count). The summed E-state index contributed by atoms with van der Waals surface area (Å²) in [5, 5.41) is 1.20. The van der Waals surface area contributed by atoms with Crippen LogP contribution in [0.2, 0.25) is 0 Å². The Morgan fingerprint density at radius 2 is 1.68 bits per heavy atom. The molecule has 0 spiro atoms. The summed E-state index contributed by atoms with van der Waals surface area (Å²) < 4.78 is 18.4. The predicted molar refractivity (Wildman–Crippen MR) is 115 cm³/mol. The van der Waals surface area contributed by atoms with E-state index in [1.165, 1.54) is 30.5 Å². The second-order valence-electron chi connectivity index (χ2n) is 6.01. The van der Waals surface area contributed by atoms with Gasteiger partial charge in [-0.3, -0.25) is 4.98 Å². The zero-order valence-electron chi connectivity index (χ0n) is 17.8. The molecule has 0 saturated carbocycles. The quantitative estimate of drug-likeness (QED) is 0.444. The van der Waals surface area contributed by atoms with Gasteiger partial charge < -0.3 is 13.6 Å². The fraction of sp³-hybridized carbons (Fsp3) is 0.429. The van der Waals surface area contributed by atoms with Crippen molar-refractivity contribution >= 4 is 19.5 Å². The van der Waals surface area contributed by atoms with Crippen LogP contribution in [0.5, 0.6) is 0 Å². The topological polar surface area (TPSA) is 49.4 Å². The van der Waals surface area contributed by atoms with Crippen molar-refractivity contribution < 1.29 is 18.1 Å². The van der Waals surface area contributed by atoms with Crippen molar-refractivity contribution in [2.75, 3.05) is 21.3 Å². The molecule has 154 valence electrons. The monoisotopic (exact) mass is 406 g/mol. The molecule has 0 N–H and O–H groups in total. The van der Waals surface area contributed by atoms with Gasteiger partial charge in [-0.15, -0.1) is 0 Å². The molecule has 0 amide bonds. The van der Waals surface area contributed by atoms with Gasteiger partial charge >= 0.3 is 8.60 Å². The number of hydrogen-bond acceptors (Lipinski definition) is 4. The van der Waals surface area contributed by atoms with Gasteiger partial charge in [0.1, 0.15) is 12.4 Å². The minimum atomic E-state index is -1.05. The average molecular weight is 406 g/mol. The van der Waals surface area contributed by atoms with Crippen molar-refractivity contribution in [1.29, 1.82) is 0 Å². The average Bonchev–Trinajstić information content (AvgIpc) is 3.06. The van der Waals surface area contributed by atoms with Crippen LogP contribution in [0.3, 0.4) is 0 Å². The molecule has 0 aliphatic carbocycles. The number of pyridine rings is 1. The maximum Gasteiger partial charge on any atom is 0.331 e. The maximum atomic E-state index is 4.67.